The summed E-state index contributed by atoms with van der Waals surface area (Å²) in [4.78, 5) is 19.2. The SMILES string of the molecule is CCOc1ccc(F)c(-c2cc([C@H]3CC[C@@]4(CCN(C)C4=O)N3)nc(C)c2C)c1. The van der Waals surface area contributed by atoms with E-state index >= 15 is 0 Å². The van der Waals surface area contributed by atoms with Gasteiger partial charge in [-0.1, -0.05) is 0 Å². The molecule has 1 spiro atoms. The van der Waals surface area contributed by atoms with Crippen LogP contribution in [0.1, 0.15) is 49.2 Å². The van der Waals surface area contributed by atoms with Crippen LogP contribution in [0.25, 0.3) is 11.1 Å². The number of ether oxygens (including phenoxy) is 1. The summed E-state index contributed by atoms with van der Waals surface area (Å²) in [6, 6.07) is 6.81. The van der Waals surface area contributed by atoms with E-state index in [1.54, 1.807) is 17.0 Å². The van der Waals surface area contributed by atoms with Gasteiger partial charge in [-0.15, -0.1) is 0 Å². The maximum atomic E-state index is 14.7. The molecule has 1 N–H and O–H groups in total. The number of rotatable bonds is 4. The monoisotopic (exact) mass is 397 g/mol. The van der Waals surface area contributed by atoms with E-state index in [2.05, 4.69) is 5.32 Å². The highest BCUT2D eigenvalue weighted by atomic mass is 19.1. The Labute approximate surface area is 171 Å². The number of benzene rings is 1. The summed E-state index contributed by atoms with van der Waals surface area (Å²) in [5.74, 6) is 0.535. The Bertz CT molecular complexity index is 961. The van der Waals surface area contributed by atoms with E-state index in [-0.39, 0.29) is 17.8 Å². The fraction of sp³-hybridized carbons (Fsp3) is 0.478. The Balaban J connectivity index is 1.71. The minimum atomic E-state index is -0.472. The van der Waals surface area contributed by atoms with Gasteiger partial charge >= 0.3 is 0 Å². The average molecular weight is 397 g/mol. The summed E-state index contributed by atoms with van der Waals surface area (Å²) in [5.41, 5.74) is 3.56. The number of hydrogen-bond donors (Lipinski definition) is 1. The van der Waals surface area contributed by atoms with E-state index in [0.29, 0.717) is 17.9 Å². The molecule has 0 radical (unpaired) electrons. The minimum absolute atomic E-state index is 0.0124. The standard InChI is InChI=1S/C23H28FN3O2/c1-5-29-16-6-7-19(24)18(12-16)17-13-21(25-15(3)14(17)2)20-8-9-23(26-20)10-11-27(4)22(23)28/h6-7,12-13,20,26H,5,8-11H2,1-4H3/t20-,23+/m1/s1. The molecule has 2 aliphatic rings. The lowest BCUT2D eigenvalue weighted by molar-refractivity contribution is -0.131. The number of amides is 1. The molecule has 0 unspecified atom stereocenters. The van der Waals surface area contributed by atoms with Crippen LogP contribution in [0.2, 0.25) is 0 Å². The molecule has 3 heterocycles. The van der Waals surface area contributed by atoms with Crippen molar-refractivity contribution in [3.05, 3.63) is 47.0 Å². The molecule has 2 aliphatic heterocycles. The van der Waals surface area contributed by atoms with Gasteiger partial charge in [0.1, 0.15) is 17.1 Å². The third-order valence-corrected chi connectivity index (χ3v) is 6.37. The molecule has 4 rings (SSSR count). The number of nitrogens with zero attached hydrogens (tertiary/aromatic N) is 2. The first-order chi connectivity index (χ1) is 13.8. The lowest BCUT2D eigenvalue weighted by Gasteiger charge is -2.24. The predicted octanol–water partition coefficient (Wildman–Crippen LogP) is 3.93. The summed E-state index contributed by atoms with van der Waals surface area (Å²) >= 11 is 0. The topological polar surface area (TPSA) is 54.5 Å². The van der Waals surface area contributed by atoms with E-state index in [1.165, 1.54) is 6.07 Å². The highest BCUT2D eigenvalue weighted by molar-refractivity contribution is 5.88. The molecule has 5 nitrogen and oxygen atoms in total. The largest absolute Gasteiger partial charge is 0.494 e. The molecule has 2 saturated heterocycles. The van der Waals surface area contributed by atoms with Crippen LogP contribution in [-0.2, 0) is 4.79 Å². The number of hydrogen-bond acceptors (Lipinski definition) is 4. The number of likely N-dealkylation sites (tertiary alicyclic amines) is 1. The summed E-state index contributed by atoms with van der Waals surface area (Å²) in [7, 11) is 1.85. The van der Waals surface area contributed by atoms with Crippen LogP contribution in [0.3, 0.4) is 0 Å². The van der Waals surface area contributed by atoms with Crippen LogP contribution < -0.4 is 10.1 Å². The first-order valence-corrected chi connectivity index (χ1v) is 10.3. The number of likely N-dealkylation sites (N-methyl/N-ethyl adjacent to an activating group) is 1. The quantitative estimate of drug-likeness (QED) is 0.849. The van der Waals surface area contributed by atoms with E-state index in [1.807, 2.05) is 33.9 Å². The first kappa shape index (κ1) is 19.8. The summed E-state index contributed by atoms with van der Waals surface area (Å²) in [5, 5.41) is 3.56. The van der Waals surface area contributed by atoms with Crippen LogP contribution >= 0.6 is 0 Å². The first-order valence-electron chi connectivity index (χ1n) is 10.3. The van der Waals surface area contributed by atoms with Crippen molar-refractivity contribution in [1.82, 2.24) is 15.2 Å². The molecule has 29 heavy (non-hydrogen) atoms. The van der Waals surface area contributed by atoms with Gasteiger partial charge in [-0.3, -0.25) is 15.1 Å². The second kappa shape index (κ2) is 7.41. The minimum Gasteiger partial charge on any atom is -0.494 e. The zero-order chi connectivity index (χ0) is 20.8. The lowest BCUT2D eigenvalue weighted by atomic mass is 9.95. The Morgan fingerprint density at radius 3 is 2.76 bits per heavy atom. The van der Waals surface area contributed by atoms with Crippen molar-refractivity contribution < 1.29 is 13.9 Å². The second-order valence-electron chi connectivity index (χ2n) is 8.17. The summed E-state index contributed by atoms with van der Waals surface area (Å²) < 4.78 is 20.3. The maximum absolute atomic E-state index is 14.7. The fourth-order valence-corrected chi connectivity index (χ4v) is 4.57. The molecule has 154 valence electrons. The van der Waals surface area contributed by atoms with E-state index in [0.717, 1.165) is 48.3 Å². The predicted molar refractivity (Wildman–Crippen MR) is 110 cm³/mol. The number of nitrogens with one attached hydrogen (secondary N) is 1. The molecule has 0 aliphatic carbocycles. The van der Waals surface area contributed by atoms with Gasteiger partial charge in [-0.2, -0.15) is 0 Å². The molecule has 1 amide bonds. The van der Waals surface area contributed by atoms with Crippen molar-refractivity contribution in [2.24, 2.45) is 0 Å². The van der Waals surface area contributed by atoms with Crippen molar-refractivity contribution in [2.75, 3.05) is 20.2 Å². The Morgan fingerprint density at radius 2 is 2.07 bits per heavy atom. The number of carbonyl (C=O) groups excluding carboxylic acids is 1. The Morgan fingerprint density at radius 1 is 1.28 bits per heavy atom. The van der Waals surface area contributed by atoms with Gasteiger partial charge in [0.25, 0.3) is 0 Å². The van der Waals surface area contributed by atoms with Crippen molar-refractivity contribution in [3.8, 4) is 16.9 Å². The molecule has 6 heteroatoms. The van der Waals surface area contributed by atoms with Crippen LogP contribution in [0, 0.1) is 19.7 Å². The van der Waals surface area contributed by atoms with Crippen molar-refractivity contribution in [3.63, 3.8) is 0 Å². The average Bonchev–Trinajstić information content (AvgIpc) is 3.26. The zero-order valence-electron chi connectivity index (χ0n) is 17.5. The van der Waals surface area contributed by atoms with Gasteiger partial charge in [-0.25, -0.2) is 4.39 Å². The molecule has 1 aromatic heterocycles. The zero-order valence-corrected chi connectivity index (χ0v) is 17.5. The van der Waals surface area contributed by atoms with Gasteiger partial charge in [0.15, 0.2) is 0 Å². The van der Waals surface area contributed by atoms with Crippen molar-refractivity contribution >= 4 is 5.91 Å². The van der Waals surface area contributed by atoms with E-state index in [9.17, 15) is 9.18 Å². The number of aromatic nitrogens is 1. The highest BCUT2D eigenvalue weighted by Crippen LogP contribution is 2.40. The Hall–Kier alpha value is -2.47. The summed E-state index contributed by atoms with van der Waals surface area (Å²) in [6.45, 7) is 7.13. The molecule has 0 saturated carbocycles. The molecule has 1 aromatic carbocycles. The van der Waals surface area contributed by atoms with Gasteiger partial charge in [0.05, 0.1) is 18.3 Å². The number of halogens is 1. The normalized spacial score (nSPS) is 24.0. The van der Waals surface area contributed by atoms with Gasteiger partial charge in [-0.05, 0) is 75.4 Å². The van der Waals surface area contributed by atoms with E-state index < -0.39 is 5.54 Å². The fourth-order valence-electron chi connectivity index (χ4n) is 4.57. The van der Waals surface area contributed by atoms with Crippen molar-refractivity contribution in [1.29, 1.82) is 0 Å². The van der Waals surface area contributed by atoms with Gasteiger partial charge in [0, 0.05) is 24.8 Å². The number of carbonyl (C=O) groups is 1. The van der Waals surface area contributed by atoms with E-state index in [4.69, 9.17) is 9.72 Å². The molecular weight excluding hydrogens is 369 g/mol. The summed E-state index contributed by atoms with van der Waals surface area (Å²) in [6.07, 6.45) is 2.47. The number of aryl methyl sites for hydroxylation is 1. The third kappa shape index (κ3) is 3.39. The van der Waals surface area contributed by atoms with Crippen LogP contribution in [0.15, 0.2) is 24.3 Å². The van der Waals surface area contributed by atoms with Gasteiger partial charge in [0.2, 0.25) is 5.91 Å². The van der Waals surface area contributed by atoms with Crippen molar-refractivity contribution in [2.45, 2.75) is 51.6 Å². The molecular formula is C23H28FN3O2. The second-order valence-corrected chi connectivity index (χ2v) is 8.17. The van der Waals surface area contributed by atoms with Gasteiger partial charge < -0.3 is 9.64 Å². The third-order valence-electron chi connectivity index (χ3n) is 6.37. The molecule has 2 fully saturated rings. The highest BCUT2D eigenvalue weighted by Gasteiger charge is 2.50. The Kier molecular flexibility index (Phi) is 5.07. The molecule has 2 atom stereocenters. The van der Waals surface area contributed by atoms with Crippen LogP contribution in [0.5, 0.6) is 5.75 Å². The molecule has 0 bridgehead atoms. The van der Waals surface area contributed by atoms with Crippen LogP contribution in [0.4, 0.5) is 4.39 Å². The lowest BCUT2D eigenvalue weighted by Crippen LogP contribution is -2.47. The maximum Gasteiger partial charge on any atom is 0.242 e. The van der Waals surface area contributed by atoms with Crippen LogP contribution in [-0.4, -0.2) is 41.5 Å². The number of pyridine rings is 1. The molecule has 2 aromatic rings. The smallest absolute Gasteiger partial charge is 0.242 e.